The van der Waals surface area contributed by atoms with E-state index in [0.29, 0.717) is 16.9 Å². The Kier molecular flexibility index (Phi) is 7.31. The van der Waals surface area contributed by atoms with Gasteiger partial charge in [0.15, 0.2) is 0 Å². The molecular weight excluding hydrogens is 444 g/mol. The predicted molar refractivity (Wildman–Crippen MR) is 144 cm³/mol. The van der Waals surface area contributed by atoms with Crippen molar-refractivity contribution in [1.29, 1.82) is 0 Å². The molecular formula is C27H44O4Si2. The van der Waals surface area contributed by atoms with E-state index in [2.05, 4.69) is 67.7 Å². The number of aliphatic hydroxyl groups is 1. The molecule has 2 N–H and O–H groups in total. The second-order valence-corrected chi connectivity index (χ2v) is 22.1. The van der Waals surface area contributed by atoms with Crippen LogP contribution < -0.4 is 8.85 Å². The van der Waals surface area contributed by atoms with Gasteiger partial charge in [-0.25, -0.2) is 0 Å². The molecule has 0 aliphatic rings. The molecule has 0 spiro atoms. The van der Waals surface area contributed by atoms with Crippen molar-refractivity contribution in [3.63, 3.8) is 0 Å². The van der Waals surface area contributed by atoms with Crippen molar-refractivity contribution >= 4 is 16.6 Å². The topological polar surface area (TPSA) is 58.9 Å². The van der Waals surface area contributed by atoms with E-state index < -0.39 is 22.2 Å². The Labute approximate surface area is 203 Å². The molecule has 0 heterocycles. The van der Waals surface area contributed by atoms with Gasteiger partial charge in [0, 0.05) is 11.6 Å². The first-order valence-corrected chi connectivity index (χ1v) is 17.6. The molecule has 0 amide bonds. The highest BCUT2D eigenvalue weighted by molar-refractivity contribution is 6.75. The van der Waals surface area contributed by atoms with E-state index in [1.807, 2.05) is 30.3 Å². The Morgan fingerprint density at radius 1 is 0.636 bits per heavy atom. The van der Waals surface area contributed by atoms with E-state index in [4.69, 9.17) is 8.85 Å². The molecule has 0 unspecified atom stereocenters. The molecule has 0 radical (unpaired) electrons. The van der Waals surface area contributed by atoms with E-state index in [-0.39, 0.29) is 15.8 Å². The largest absolute Gasteiger partial charge is 0.543 e. The maximum atomic E-state index is 11.0. The van der Waals surface area contributed by atoms with Gasteiger partial charge in [0.2, 0.25) is 16.6 Å². The molecule has 2 aromatic rings. The van der Waals surface area contributed by atoms with Gasteiger partial charge in [-0.3, -0.25) is 0 Å². The number of hydrogen-bond acceptors (Lipinski definition) is 4. The first kappa shape index (κ1) is 27.5. The van der Waals surface area contributed by atoms with Crippen LogP contribution in [-0.2, 0) is 5.60 Å². The molecule has 184 valence electrons. The zero-order valence-corrected chi connectivity index (χ0v) is 24.7. The van der Waals surface area contributed by atoms with Crippen molar-refractivity contribution in [3.8, 4) is 28.4 Å². The van der Waals surface area contributed by atoms with E-state index in [1.54, 1.807) is 19.9 Å². The Morgan fingerprint density at radius 2 is 1.03 bits per heavy atom. The maximum Gasteiger partial charge on any atom is 0.250 e. The minimum atomic E-state index is -2.02. The lowest BCUT2D eigenvalue weighted by Gasteiger charge is -2.37. The first-order chi connectivity index (χ1) is 14.7. The fourth-order valence-corrected chi connectivity index (χ4v) is 5.07. The van der Waals surface area contributed by atoms with Gasteiger partial charge in [-0.2, -0.15) is 0 Å². The van der Waals surface area contributed by atoms with Crippen molar-refractivity contribution in [1.82, 2.24) is 0 Å². The normalized spacial score (nSPS) is 13.7. The van der Waals surface area contributed by atoms with E-state index >= 15 is 0 Å². The monoisotopic (exact) mass is 488 g/mol. The Balaban J connectivity index is 2.50. The van der Waals surface area contributed by atoms with Crippen LogP contribution in [0.2, 0.25) is 36.3 Å². The maximum absolute atomic E-state index is 11.0. The summed E-state index contributed by atoms with van der Waals surface area (Å²) in [5.74, 6) is 1.56. The molecule has 0 saturated heterocycles. The number of phenols is 1. The van der Waals surface area contributed by atoms with Gasteiger partial charge in [0.05, 0.1) is 5.60 Å². The second-order valence-electron chi connectivity index (χ2n) is 12.7. The van der Waals surface area contributed by atoms with E-state index in [1.165, 1.54) is 0 Å². The third kappa shape index (κ3) is 6.22. The van der Waals surface area contributed by atoms with Gasteiger partial charge in [-0.05, 0) is 85.5 Å². The molecule has 0 bridgehead atoms. The number of aromatic hydroxyl groups is 1. The van der Waals surface area contributed by atoms with Gasteiger partial charge in [-0.15, -0.1) is 0 Å². The molecule has 0 fully saturated rings. The van der Waals surface area contributed by atoms with Crippen LogP contribution in [-0.4, -0.2) is 26.8 Å². The molecule has 0 aliphatic heterocycles. The van der Waals surface area contributed by atoms with Crippen LogP contribution in [0.1, 0.15) is 61.0 Å². The zero-order valence-electron chi connectivity index (χ0n) is 22.7. The summed E-state index contributed by atoms with van der Waals surface area (Å²) in [5.41, 5.74) is 1.05. The Morgan fingerprint density at radius 3 is 1.39 bits per heavy atom. The first-order valence-electron chi connectivity index (χ1n) is 11.7. The summed E-state index contributed by atoms with van der Waals surface area (Å²) in [6, 6.07) is 11.2. The second kappa shape index (κ2) is 8.78. The molecule has 0 aromatic heterocycles. The fraction of sp³-hybridized carbons (Fsp3) is 0.556. The van der Waals surface area contributed by atoms with E-state index in [0.717, 1.165) is 11.3 Å². The molecule has 0 atom stereocenters. The summed E-state index contributed by atoms with van der Waals surface area (Å²) in [7, 11) is -4.04. The SMILES string of the molecule is CC(C)(O)c1cc(O[Si](C)(C)C(C)(C)C)ccc1-c1ccc(O[Si](C)(C)C(C)(C)C)cc1O. The lowest BCUT2D eigenvalue weighted by atomic mass is 9.89. The van der Waals surface area contributed by atoms with Crippen LogP contribution in [0.15, 0.2) is 36.4 Å². The van der Waals surface area contributed by atoms with Crippen molar-refractivity contribution in [2.24, 2.45) is 0 Å². The van der Waals surface area contributed by atoms with Crippen molar-refractivity contribution in [3.05, 3.63) is 42.0 Å². The average Bonchev–Trinajstić information content (AvgIpc) is 2.59. The molecule has 2 aromatic carbocycles. The summed E-state index contributed by atoms with van der Waals surface area (Å²) >= 11 is 0. The number of hydrogen-bond donors (Lipinski definition) is 2. The van der Waals surface area contributed by atoms with Crippen LogP contribution >= 0.6 is 0 Å². The smallest absolute Gasteiger partial charge is 0.250 e. The fourth-order valence-electron chi connectivity index (χ4n) is 3.03. The molecule has 6 heteroatoms. The van der Waals surface area contributed by atoms with Gasteiger partial charge in [-0.1, -0.05) is 47.6 Å². The van der Waals surface area contributed by atoms with Gasteiger partial charge in [0.25, 0.3) is 0 Å². The highest BCUT2D eigenvalue weighted by Crippen LogP contribution is 2.43. The summed E-state index contributed by atoms with van der Waals surface area (Å²) in [6.45, 7) is 25.5. The Hall–Kier alpha value is -1.77. The molecule has 2 rings (SSSR count). The standard InChI is InChI=1S/C27H44O4Si2/c1-25(2,3)32(9,10)30-19-13-15-21(23(17-19)27(7,8)29)22-16-14-20(18-24(22)28)31-33(11,12)26(4,5)6/h13-18,28-29H,1-12H3. The van der Waals surface area contributed by atoms with Gasteiger partial charge < -0.3 is 19.1 Å². The molecule has 33 heavy (non-hydrogen) atoms. The minimum Gasteiger partial charge on any atom is -0.543 e. The number of rotatable bonds is 6. The predicted octanol–water partition coefficient (Wildman–Crippen LogP) is 8.05. The number of phenolic OH excluding ortho intramolecular Hbond substituents is 1. The van der Waals surface area contributed by atoms with Crippen molar-refractivity contribution < 1.29 is 19.1 Å². The summed E-state index contributed by atoms with van der Waals surface area (Å²) < 4.78 is 12.8. The summed E-state index contributed by atoms with van der Waals surface area (Å²) in [5, 5.41) is 22.0. The van der Waals surface area contributed by atoms with Crippen molar-refractivity contribution in [2.75, 3.05) is 0 Å². The van der Waals surface area contributed by atoms with Gasteiger partial charge >= 0.3 is 0 Å². The molecule has 0 saturated carbocycles. The lowest BCUT2D eigenvalue weighted by molar-refractivity contribution is 0.0790. The average molecular weight is 489 g/mol. The van der Waals surface area contributed by atoms with Gasteiger partial charge in [0.1, 0.15) is 17.2 Å². The van der Waals surface area contributed by atoms with Crippen LogP contribution in [0.3, 0.4) is 0 Å². The zero-order chi connectivity index (χ0) is 25.6. The summed E-state index contributed by atoms with van der Waals surface area (Å²) in [6.07, 6.45) is 0. The van der Waals surface area contributed by atoms with Crippen LogP contribution in [0.25, 0.3) is 11.1 Å². The molecule has 0 aliphatic carbocycles. The third-order valence-corrected chi connectivity index (χ3v) is 16.0. The van der Waals surface area contributed by atoms with Crippen molar-refractivity contribution in [2.45, 2.75) is 97.3 Å². The quantitative estimate of drug-likeness (QED) is 0.404. The van der Waals surface area contributed by atoms with Crippen LogP contribution in [0, 0.1) is 0 Å². The lowest BCUT2D eigenvalue weighted by Crippen LogP contribution is -2.43. The van der Waals surface area contributed by atoms with E-state index in [9.17, 15) is 10.2 Å². The third-order valence-electron chi connectivity index (χ3n) is 7.27. The highest BCUT2D eigenvalue weighted by atomic mass is 28.4. The highest BCUT2D eigenvalue weighted by Gasteiger charge is 2.40. The summed E-state index contributed by atoms with van der Waals surface area (Å²) in [4.78, 5) is 0. The number of benzene rings is 2. The van der Waals surface area contributed by atoms with Crippen LogP contribution in [0.4, 0.5) is 0 Å². The Bertz CT molecular complexity index is 991. The minimum absolute atomic E-state index is 0.0648. The van der Waals surface area contributed by atoms with Crippen LogP contribution in [0.5, 0.6) is 17.2 Å². The molecule has 4 nitrogen and oxygen atoms in total.